The summed E-state index contributed by atoms with van der Waals surface area (Å²) in [6, 6.07) is 0. The van der Waals surface area contributed by atoms with Crippen LogP contribution in [0, 0.1) is 0 Å². The van der Waals surface area contributed by atoms with Gasteiger partial charge in [0.25, 0.3) is 0 Å². The van der Waals surface area contributed by atoms with Crippen molar-refractivity contribution in [1.82, 2.24) is 0 Å². The first kappa shape index (κ1) is 15.7. The Morgan fingerprint density at radius 3 is 1.43 bits per heavy atom. The van der Waals surface area contributed by atoms with E-state index in [0.29, 0.717) is 0 Å². The molecule has 0 unspecified atom stereocenters. The largest absolute Gasteiger partial charge is 1.00 e. The van der Waals surface area contributed by atoms with Crippen molar-refractivity contribution in [3.63, 3.8) is 0 Å². The topological polar surface area (TPSA) is 57.5 Å². The average Bonchev–Trinajstić information content (AvgIpc) is 0.722. The van der Waals surface area contributed by atoms with Crippen molar-refractivity contribution in [2.45, 2.75) is 0 Å². The van der Waals surface area contributed by atoms with E-state index in [-0.39, 0.29) is 34.3 Å². The number of hydrogen-bond donors (Lipinski definition) is 2. The number of halogens is 2. The molecule has 40 valence electrons. The Morgan fingerprint density at radius 1 is 1.43 bits per heavy atom. The van der Waals surface area contributed by atoms with Crippen molar-refractivity contribution in [3.8, 4) is 0 Å². The van der Waals surface area contributed by atoms with Gasteiger partial charge in [0, 0.05) is 0 Å². The van der Waals surface area contributed by atoms with E-state index in [4.69, 9.17) is 14.4 Å². The molecule has 7 heteroatoms. The van der Waals surface area contributed by atoms with E-state index in [0.717, 1.165) is 0 Å². The molecule has 0 fully saturated rings. The van der Waals surface area contributed by atoms with Crippen LogP contribution in [0.5, 0.6) is 0 Å². The first-order valence-corrected chi connectivity index (χ1v) is 2.25. The average molecular weight is 142 g/mol. The van der Waals surface area contributed by atoms with Gasteiger partial charge in [-0.15, -0.1) is 4.20 Å². The van der Waals surface area contributed by atoms with Crippen LogP contribution < -0.4 is 34.3 Å². The Morgan fingerprint density at radius 2 is 1.43 bits per heavy atom. The summed E-state index contributed by atoms with van der Waals surface area (Å²) in [5.41, 5.74) is 0. The predicted octanol–water partition coefficient (Wildman–Crippen LogP) is -5.94. The van der Waals surface area contributed by atoms with E-state index < -0.39 is 7.91 Å². The summed E-state index contributed by atoms with van der Waals surface area (Å²) in [6.07, 6.45) is 0. The second kappa shape index (κ2) is 5.15. The maximum atomic E-state index is 10.4. The summed E-state index contributed by atoms with van der Waals surface area (Å²) in [4.78, 5) is 13.9. The predicted molar refractivity (Wildman–Crippen MR) is 13.2 cm³/mol. The van der Waals surface area contributed by atoms with E-state index in [1.165, 1.54) is 0 Å². The molecule has 0 aliphatic rings. The standard InChI is InChI=1S/FH2O3P.FH.Na/c1-5(2,3)4;;/h(H2,2,3,4);1H;/q;;+1/p-1. The van der Waals surface area contributed by atoms with Gasteiger partial charge in [0.2, 0.25) is 0 Å². The summed E-state index contributed by atoms with van der Waals surface area (Å²) in [7, 11) is -5.14. The van der Waals surface area contributed by atoms with Crippen LogP contribution in [-0.4, -0.2) is 9.79 Å². The summed E-state index contributed by atoms with van der Waals surface area (Å²) in [5, 5.41) is 0. The van der Waals surface area contributed by atoms with Crippen LogP contribution in [-0.2, 0) is 4.57 Å². The minimum atomic E-state index is -5.14. The quantitative estimate of drug-likeness (QED) is 0.261. The zero-order valence-electron chi connectivity index (χ0n) is 3.51. The molecular formula is H2F2NaO3P. The summed E-state index contributed by atoms with van der Waals surface area (Å²) in [5.74, 6) is 0. The third-order valence-electron chi connectivity index (χ3n) is 0. The molecule has 0 aliphatic heterocycles. The molecule has 0 saturated carbocycles. The van der Waals surface area contributed by atoms with Gasteiger partial charge in [-0.2, -0.15) is 0 Å². The molecule has 0 bridgehead atoms. The van der Waals surface area contributed by atoms with Gasteiger partial charge in [-0.25, -0.2) is 4.57 Å². The minimum Gasteiger partial charge on any atom is -1.00 e. The molecule has 0 amide bonds. The second-order valence-electron chi connectivity index (χ2n) is 0.473. The van der Waals surface area contributed by atoms with Gasteiger partial charge in [-0.3, -0.25) is 9.79 Å². The minimum absolute atomic E-state index is 0. The van der Waals surface area contributed by atoms with Crippen molar-refractivity contribution in [2.75, 3.05) is 0 Å². The van der Waals surface area contributed by atoms with E-state index in [1.54, 1.807) is 0 Å². The molecule has 0 aromatic rings. The number of hydrogen-bond acceptors (Lipinski definition) is 1. The van der Waals surface area contributed by atoms with E-state index in [2.05, 4.69) is 0 Å². The van der Waals surface area contributed by atoms with Crippen LogP contribution in [0.2, 0.25) is 0 Å². The molecule has 7 heavy (non-hydrogen) atoms. The van der Waals surface area contributed by atoms with Gasteiger partial charge < -0.3 is 4.70 Å². The first-order valence-electron chi connectivity index (χ1n) is 0.752. The molecule has 0 saturated heterocycles. The number of rotatable bonds is 0. The van der Waals surface area contributed by atoms with Crippen molar-refractivity contribution in [1.29, 1.82) is 0 Å². The molecule has 2 N–H and O–H groups in total. The van der Waals surface area contributed by atoms with Gasteiger partial charge in [0.15, 0.2) is 0 Å². The van der Waals surface area contributed by atoms with Crippen LogP contribution in [0.1, 0.15) is 0 Å². The van der Waals surface area contributed by atoms with Crippen molar-refractivity contribution < 1.29 is 52.8 Å². The molecular weight excluding hydrogens is 140 g/mol. The molecule has 0 rings (SSSR count). The van der Waals surface area contributed by atoms with E-state index in [9.17, 15) is 4.20 Å². The monoisotopic (exact) mass is 142 g/mol. The van der Waals surface area contributed by atoms with Crippen molar-refractivity contribution >= 4 is 7.91 Å². The van der Waals surface area contributed by atoms with Gasteiger partial charge in [-0.1, -0.05) is 0 Å². The Hall–Kier alpha value is 1.01. The second-order valence-corrected chi connectivity index (χ2v) is 1.42. The first-order chi connectivity index (χ1) is 2.00. The molecule has 3 nitrogen and oxygen atoms in total. The maximum Gasteiger partial charge on any atom is 1.00 e. The van der Waals surface area contributed by atoms with Crippen molar-refractivity contribution in [3.05, 3.63) is 0 Å². The molecule has 0 spiro atoms. The molecule has 0 atom stereocenters. The van der Waals surface area contributed by atoms with Crippen LogP contribution in [0.3, 0.4) is 0 Å². The summed E-state index contributed by atoms with van der Waals surface area (Å²) < 4.78 is 19.0. The van der Waals surface area contributed by atoms with Gasteiger partial charge in [0.1, 0.15) is 0 Å². The fourth-order valence-electron chi connectivity index (χ4n) is 0. The van der Waals surface area contributed by atoms with Gasteiger partial charge in [0.05, 0.1) is 0 Å². The molecule has 0 aliphatic carbocycles. The Kier molecular flexibility index (Phi) is 11.5. The fourth-order valence-corrected chi connectivity index (χ4v) is 0. The fraction of sp³-hybridized carbons (Fsp3) is 0. The normalized spacial score (nSPS) is 8.43. The van der Waals surface area contributed by atoms with Gasteiger partial charge >= 0.3 is 37.5 Å². The molecule has 0 aromatic heterocycles. The summed E-state index contributed by atoms with van der Waals surface area (Å²) in [6.45, 7) is 0. The third-order valence-corrected chi connectivity index (χ3v) is 0. The zero-order chi connectivity index (χ0) is 4.50. The smallest absolute Gasteiger partial charge is 1.00 e. The van der Waals surface area contributed by atoms with Crippen LogP contribution >= 0.6 is 7.91 Å². The van der Waals surface area contributed by atoms with Crippen LogP contribution in [0.15, 0.2) is 0 Å². The maximum absolute atomic E-state index is 10.4. The SMILES string of the molecule is O=P(O)(O)F.[F-].[Na+]. The van der Waals surface area contributed by atoms with Crippen molar-refractivity contribution in [2.24, 2.45) is 0 Å². The van der Waals surface area contributed by atoms with E-state index in [1.807, 2.05) is 0 Å². The summed E-state index contributed by atoms with van der Waals surface area (Å²) >= 11 is 0. The van der Waals surface area contributed by atoms with Crippen LogP contribution in [0.25, 0.3) is 0 Å². The molecule has 0 heterocycles. The van der Waals surface area contributed by atoms with Gasteiger partial charge in [-0.05, 0) is 0 Å². The zero-order valence-corrected chi connectivity index (χ0v) is 6.40. The third kappa shape index (κ3) is 172. The van der Waals surface area contributed by atoms with Crippen LogP contribution in [0.4, 0.5) is 4.20 Å². The Bertz CT molecular complexity index is 59.1. The Balaban J connectivity index is -0.0000000800. The Labute approximate surface area is 60.9 Å². The molecule has 0 aromatic carbocycles. The molecule has 0 radical (unpaired) electrons. The van der Waals surface area contributed by atoms with E-state index >= 15 is 0 Å².